The molecule has 0 saturated heterocycles. The Labute approximate surface area is 218 Å². The summed E-state index contributed by atoms with van der Waals surface area (Å²) in [6.07, 6.45) is 0. The lowest BCUT2D eigenvalue weighted by Gasteiger charge is -2.08. The fourth-order valence-electron chi connectivity index (χ4n) is 4.72. The Hall–Kier alpha value is -4.67. The van der Waals surface area contributed by atoms with E-state index in [-0.39, 0.29) is 0 Å². The first-order chi connectivity index (χ1) is 18.3. The molecule has 0 amide bonds. The standard InChI is InChI=1S/C33H21N3S/c1-4-11-22(12-5-1)26-17-10-18-27-28-21-25(19-20-29(28)37-30(26)27)33-35-31(23-13-6-2-7-14-23)34-32(36-33)24-15-8-3-9-16-24/h1-21H. The van der Waals surface area contributed by atoms with Gasteiger partial charge in [0, 0.05) is 36.9 Å². The maximum Gasteiger partial charge on any atom is 0.164 e. The van der Waals surface area contributed by atoms with E-state index in [1.807, 2.05) is 72.0 Å². The molecule has 0 radical (unpaired) electrons. The third kappa shape index (κ3) is 3.98. The van der Waals surface area contributed by atoms with Gasteiger partial charge >= 0.3 is 0 Å². The third-order valence-corrected chi connectivity index (χ3v) is 7.76. The van der Waals surface area contributed by atoms with Crippen molar-refractivity contribution in [3.63, 3.8) is 0 Å². The first kappa shape index (κ1) is 21.6. The highest BCUT2D eigenvalue weighted by molar-refractivity contribution is 7.26. The van der Waals surface area contributed by atoms with Crippen molar-refractivity contribution < 1.29 is 0 Å². The summed E-state index contributed by atoms with van der Waals surface area (Å²) < 4.78 is 2.55. The smallest absolute Gasteiger partial charge is 0.164 e. The van der Waals surface area contributed by atoms with Crippen molar-refractivity contribution in [1.82, 2.24) is 15.0 Å². The molecule has 0 fully saturated rings. The zero-order valence-corrected chi connectivity index (χ0v) is 20.7. The molecule has 0 atom stereocenters. The minimum Gasteiger partial charge on any atom is -0.208 e. The Bertz CT molecular complexity index is 1800. The maximum atomic E-state index is 4.92. The van der Waals surface area contributed by atoms with Crippen LogP contribution in [0.1, 0.15) is 0 Å². The quantitative estimate of drug-likeness (QED) is 0.247. The van der Waals surface area contributed by atoms with Crippen molar-refractivity contribution >= 4 is 31.5 Å². The fraction of sp³-hybridized carbons (Fsp3) is 0. The number of thiophene rings is 1. The van der Waals surface area contributed by atoms with Crippen molar-refractivity contribution in [2.75, 3.05) is 0 Å². The number of benzene rings is 5. The molecule has 37 heavy (non-hydrogen) atoms. The Balaban J connectivity index is 1.42. The van der Waals surface area contributed by atoms with Gasteiger partial charge in [-0.05, 0) is 29.3 Å². The van der Waals surface area contributed by atoms with Crippen molar-refractivity contribution in [1.29, 1.82) is 0 Å². The van der Waals surface area contributed by atoms with E-state index < -0.39 is 0 Å². The molecule has 7 rings (SSSR count). The van der Waals surface area contributed by atoms with E-state index in [1.54, 1.807) is 0 Å². The Morgan fingerprint density at radius 1 is 0.405 bits per heavy atom. The summed E-state index contributed by atoms with van der Waals surface area (Å²) in [5.41, 5.74) is 5.42. The second-order valence-electron chi connectivity index (χ2n) is 8.90. The number of hydrogen-bond donors (Lipinski definition) is 0. The molecule has 0 aliphatic carbocycles. The van der Waals surface area contributed by atoms with Gasteiger partial charge in [-0.15, -0.1) is 11.3 Å². The van der Waals surface area contributed by atoms with Gasteiger partial charge in [0.2, 0.25) is 0 Å². The lowest BCUT2D eigenvalue weighted by molar-refractivity contribution is 1.07. The van der Waals surface area contributed by atoms with Crippen molar-refractivity contribution in [3.05, 3.63) is 127 Å². The van der Waals surface area contributed by atoms with Gasteiger partial charge in [-0.25, -0.2) is 15.0 Å². The summed E-state index contributed by atoms with van der Waals surface area (Å²) in [4.78, 5) is 14.7. The van der Waals surface area contributed by atoms with E-state index >= 15 is 0 Å². The molecule has 3 nitrogen and oxygen atoms in total. The Morgan fingerprint density at radius 2 is 0.946 bits per heavy atom. The summed E-state index contributed by atoms with van der Waals surface area (Å²) >= 11 is 1.83. The van der Waals surface area contributed by atoms with Crippen molar-refractivity contribution in [3.8, 4) is 45.3 Å². The molecule has 2 aromatic heterocycles. The highest BCUT2D eigenvalue weighted by atomic mass is 32.1. The topological polar surface area (TPSA) is 38.7 Å². The van der Waals surface area contributed by atoms with E-state index in [0.29, 0.717) is 17.5 Å². The molecule has 5 aromatic carbocycles. The number of fused-ring (bicyclic) bond motifs is 3. The first-order valence-electron chi connectivity index (χ1n) is 12.2. The van der Waals surface area contributed by atoms with Crippen LogP contribution in [-0.2, 0) is 0 Å². The summed E-state index contributed by atoms with van der Waals surface area (Å²) in [5, 5.41) is 2.47. The van der Waals surface area contributed by atoms with Crippen LogP contribution < -0.4 is 0 Å². The molecule has 0 aliphatic rings. The Kier molecular flexibility index (Phi) is 5.30. The average molecular weight is 492 g/mol. The largest absolute Gasteiger partial charge is 0.208 e. The van der Waals surface area contributed by atoms with Gasteiger partial charge in [0.15, 0.2) is 17.5 Å². The molecule has 7 aromatic rings. The van der Waals surface area contributed by atoms with Crippen LogP contribution in [0.3, 0.4) is 0 Å². The number of aromatic nitrogens is 3. The molecule has 0 spiro atoms. The van der Waals surface area contributed by atoms with Crippen LogP contribution in [0, 0.1) is 0 Å². The van der Waals surface area contributed by atoms with Gasteiger partial charge in [0.25, 0.3) is 0 Å². The number of nitrogens with zero attached hydrogens (tertiary/aromatic N) is 3. The Morgan fingerprint density at radius 3 is 1.54 bits per heavy atom. The lowest BCUT2D eigenvalue weighted by atomic mass is 10.0. The van der Waals surface area contributed by atoms with Crippen LogP contribution in [0.25, 0.3) is 65.5 Å². The molecule has 0 N–H and O–H groups in total. The molecule has 0 aliphatic heterocycles. The molecular weight excluding hydrogens is 470 g/mol. The summed E-state index contributed by atoms with van der Waals surface area (Å²) in [7, 11) is 0. The molecule has 0 bridgehead atoms. The van der Waals surface area contributed by atoms with E-state index in [1.165, 1.54) is 31.3 Å². The minimum absolute atomic E-state index is 0.672. The maximum absolute atomic E-state index is 4.92. The highest BCUT2D eigenvalue weighted by Gasteiger charge is 2.15. The molecule has 0 unspecified atom stereocenters. The van der Waals surface area contributed by atoms with Gasteiger partial charge in [-0.3, -0.25) is 0 Å². The molecule has 0 saturated carbocycles. The van der Waals surface area contributed by atoms with E-state index in [9.17, 15) is 0 Å². The first-order valence-corrected chi connectivity index (χ1v) is 13.0. The van der Waals surface area contributed by atoms with Crippen molar-refractivity contribution in [2.24, 2.45) is 0 Å². The van der Waals surface area contributed by atoms with E-state index in [2.05, 4.69) is 66.7 Å². The summed E-state index contributed by atoms with van der Waals surface area (Å²) in [5.74, 6) is 2.02. The van der Waals surface area contributed by atoms with Crippen LogP contribution in [0.4, 0.5) is 0 Å². The monoisotopic (exact) mass is 491 g/mol. The van der Waals surface area contributed by atoms with Gasteiger partial charge in [-0.1, -0.05) is 109 Å². The van der Waals surface area contributed by atoms with Gasteiger partial charge in [0.05, 0.1) is 0 Å². The van der Waals surface area contributed by atoms with E-state index in [0.717, 1.165) is 16.7 Å². The van der Waals surface area contributed by atoms with E-state index in [4.69, 9.17) is 15.0 Å². The third-order valence-electron chi connectivity index (χ3n) is 6.54. The van der Waals surface area contributed by atoms with Gasteiger partial charge in [0.1, 0.15) is 0 Å². The fourth-order valence-corrected chi connectivity index (χ4v) is 5.94. The molecule has 4 heteroatoms. The molecule has 174 valence electrons. The summed E-state index contributed by atoms with van der Waals surface area (Å²) in [6.45, 7) is 0. The lowest BCUT2D eigenvalue weighted by Crippen LogP contribution is -2.00. The predicted molar refractivity (Wildman–Crippen MR) is 154 cm³/mol. The zero-order chi connectivity index (χ0) is 24.6. The van der Waals surface area contributed by atoms with Gasteiger partial charge < -0.3 is 0 Å². The van der Waals surface area contributed by atoms with Crippen molar-refractivity contribution in [2.45, 2.75) is 0 Å². The highest BCUT2D eigenvalue weighted by Crippen LogP contribution is 2.41. The molecule has 2 heterocycles. The van der Waals surface area contributed by atoms with Crippen LogP contribution in [-0.4, -0.2) is 15.0 Å². The van der Waals surface area contributed by atoms with Crippen LogP contribution in [0.2, 0.25) is 0 Å². The SMILES string of the molecule is c1ccc(-c2nc(-c3ccccc3)nc(-c3ccc4sc5c(-c6ccccc6)cccc5c4c3)n2)cc1. The summed E-state index contributed by atoms with van der Waals surface area (Å²) in [6, 6.07) is 43.9. The van der Waals surface area contributed by atoms with Crippen LogP contribution >= 0.6 is 11.3 Å². The second-order valence-corrected chi connectivity index (χ2v) is 9.95. The average Bonchev–Trinajstić information content (AvgIpc) is 3.36. The normalized spacial score (nSPS) is 11.2. The predicted octanol–water partition coefficient (Wildman–Crippen LogP) is 8.91. The molecular formula is C33H21N3S. The van der Waals surface area contributed by atoms with Crippen LogP contribution in [0.5, 0.6) is 0 Å². The number of hydrogen-bond acceptors (Lipinski definition) is 4. The zero-order valence-electron chi connectivity index (χ0n) is 19.9. The van der Waals surface area contributed by atoms with Crippen LogP contribution in [0.15, 0.2) is 127 Å². The number of rotatable bonds is 4. The second kappa shape index (κ2) is 9.08. The van der Waals surface area contributed by atoms with Gasteiger partial charge in [-0.2, -0.15) is 0 Å². The minimum atomic E-state index is 0.672.